The van der Waals surface area contributed by atoms with Gasteiger partial charge in [-0.25, -0.2) is 0 Å². The molecule has 0 spiro atoms. The fourth-order valence-corrected chi connectivity index (χ4v) is 0.695. The van der Waals surface area contributed by atoms with Gasteiger partial charge in [0.1, 0.15) is 0 Å². The zero-order valence-electron chi connectivity index (χ0n) is 7.71. The highest BCUT2D eigenvalue weighted by Crippen LogP contribution is 1.74. The minimum Gasteiger partial charge on any atom is -0.352 e. The Morgan fingerprint density at radius 1 is 1.50 bits per heavy atom. The van der Waals surface area contributed by atoms with E-state index in [1.165, 1.54) is 0 Å². The first-order valence-corrected chi connectivity index (χ1v) is 3.93. The van der Waals surface area contributed by atoms with Gasteiger partial charge in [-0.05, 0) is 14.1 Å². The molecule has 0 aromatic heterocycles. The van der Waals surface area contributed by atoms with Crippen LogP contribution in [0.5, 0.6) is 0 Å². The lowest BCUT2D eigenvalue weighted by Gasteiger charge is -2.08. The number of likely N-dealkylation sites (N-methyl/N-ethyl adjacent to an activating group) is 1. The number of nitrogens with zero attached hydrogens (tertiary/aromatic N) is 1. The molecule has 4 heteroatoms. The quantitative estimate of drug-likeness (QED) is 0.531. The highest BCUT2D eigenvalue weighted by molar-refractivity contribution is 5.78. The van der Waals surface area contributed by atoms with Crippen LogP contribution in [0.1, 0.15) is 0 Å². The number of carbonyl (C=O) groups excluding carboxylic acids is 1. The SMILES string of the molecule is CN(C)CC(=O)NC/C=C/CN. The Bertz CT molecular complexity index is 154. The maximum Gasteiger partial charge on any atom is 0.234 e. The third-order valence-electron chi connectivity index (χ3n) is 1.18. The van der Waals surface area contributed by atoms with Crippen LogP contribution in [0, 0.1) is 0 Å². The first kappa shape index (κ1) is 11.1. The molecule has 0 aromatic carbocycles. The van der Waals surface area contributed by atoms with Crippen LogP contribution < -0.4 is 11.1 Å². The molecule has 3 N–H and O–H groups in total. The van der Waals surface area contributed by atoms with Crippen molar-refractivity contribution >= 4 is 5.91 Å². The molecule has 1 amide bonds. The number of carbonyl (C=O) groups is 1. The molecule has 4 nitrogen and oxygen atoms in total. The number of hydrogen-bond acceptors (Lipinski definition) is 3. The van der Waals surface area contributed by atoms with Crippen LogP contribution in [0.25, 0.3) is 0 Å². The number of rotatable bonds is 5. The average molecular weight is 171 g/mol. The summed E-state index contributed by atoms with van der Waals surface area (Å²) in [6.45, 7) is 1.50. The number of hydrogen-bond donors (Lipinski definition) is 2. The normalized spacial score (nSPS) is 11.0. The van der Waals surface area contributed by atoms with E-state index < -0.39 is 0 Å². The monoisotopic (exact) mass is 171 g/mol. The number of nitrogens with one attached hydrogen (secondary N) is 1. The third kappa shape index (κ3) is 7.24. The van der Waals surface area contributed by atoms with Gasteiger partial charge in [0.05, 0.1) is 6.54 Å². The lowest BCUT2D eigenvalue weighted by molar-refractivity contribution is -0.121. The van der Waals surface area contributed by atoms with E-state index in [4.69, 9.17) is 5.73 Å². The van der Waals surface area contributed by atoms with Gasteiger partial charge in [0, 0.05) is 13.1 Å². The number of nitrogens with two attached hydrogens (primary N) is 1. The Morgan fingerprint density at radius 3 is 2.67 bits per heavy atom. The largest absolute Gasteiger partial charge is 0.352 e. The van der Waals surface area contributed by atoms with Gasteiger partial charge in [0.25, 0.3) is 0 Å². The molecule has 0 bridgehead atoms. The van der Waals surface area contributed by atoms with Crippen molar-refractivity contribution in [2.24, 2.45) is 5.73 Å². The summed E-state index contributed by atoms with van der Waals surface area (Å²) in [4.78, 5) is 12.8. The molecule has 0 aromatic rings. The maximum atomic E-state index is 11.0. The average Bonchev–Trinajstić information content (AvgIpc) is 1.97. The molecule has 0 fully saturated rings. The second-order valence-electron chi connectivity index (χ2n) is 2.75. The molecule has 0 aliphatic rings. The van der Waals surface area contributed by atoms with Crippen molar-refractivity contribution in [3.8, 4) is 0 Å². The van der Waals surface area contributed by atoms with E-state index in [0.29, 0.717) is 19.6 Å². The minimum atomic E-state index is 0.0293. The van der Waals surface area contributed by atoms with Crippen molar-refractivity contribution in [2.75, 3.05) is 33.7 Å². The van der Waals surface area contributed by atoms with Crippen LogP contribution in [0.15, 0.2) is 12.2 Å². The summed E-state index contributed by atoms with van der Waals surface area (Å²) in [5.41, 5.74) is 5.22. The highest BCUT2D eigenvalue weighted by atomic mass is 16.1. The Labute approximate surface area is 73.4 Å². The summed E-state index contributed by atoms with van der Waals surface area (Å²) in [6.07, 6.45) is 3.66. The van der Waals surface area contributed by atoms with Crippen molar-refractivity contribution in [2.45, 2.75) is 0 Å². The Kier molecular flexibility index (Phi) is 6.32. The molecule has 12 heavy (non-hydrogen) atoms. The summed E-state index contributed by atoms with van der Waals surface area (Å²) in [7, 11) is 3.71. The van der Waals surface area contributed by atoms with Crippen molar-refractivity contribution in [3.05, 3.63) is 12.2 Å². The van der Waals surface area contributed by atoms with E-state index in [1.54, 1.807) is 0 Å². The van der Waals surface area contributed by atoms with E-state index in [9.17, 15) is 4.79 Å². The first-order chi connectivity index (χ1) is 5.66. The lowest BCUT2D eigenvalue weighted by Crippen LogP contribution is -2.33. The van der Waals surface area contributed by atoms with Gasteiger partial charge in [-0.1, -0.05) is 12.2 Å². The third-order valence-corrected chi connectivity index (χ3v) is 1.18. The second-order valence-corrected chi connectivity index (χ2v) is 2.75. The van der Waals surface area contributed by atoms with Gasteiger partial charge in [-0.15, -0.1) is 0 Å². The highest BCUT2D eigenvalue weighted by Gasteiger charge is 1.98. The zero-order chi connectivity index (χ0) is 9.40. The van der Waals surface area contributed by atoms with Crippen LogP contribution >= 0.6 is 0 Å². The summed E-state index contributed by atoms with van der Waals surface area (Å²) in [5.74, 6) is 0.0293. The van der Waals surface area contributed by atoms with Crippen LogP contribution in [-0.2, 0) is 4.79 Å². The fourth-order valence-electron chi connectivity index (χ4n) is 0.695. The molecule has 0 rings (SSSR count). The van der Waals surface area contributed by atoms with Gasteiger partial charge < -0.3 is 16.0 Å². The molecular formula is C8H17N3O. The van der Waals surface area contributed by atoms with Crippen molar-refractivity contribution in [1.29, 1.82) is 0 Å². The lowest BCUT2D eigenvalue weighted by atomic mass is 10.4. The Morgan fingerprint density at radius 2 is 2.17 bits per heavy atom. The van der Waals surface area contributed by atoms with E-state index in [-0.39, 0.29) is 5.91 Å². The fraction of sp³-hybridized carbons (Fsp3) is 0.625. The summed E-state index contributed by atoms with van der Waals surface area (Å²) in [5, 5.41) is 2.73. The second kappa shape index (κ2) is 6.82. The molecule has 0 unspecified atom stereocenters. The summed E-state index contributed by atoms with van der Waals surface area (Å²) >= 11 is 0. The molecule has 0 saturated heterocycles. The summed E-state index contributed by atoms with van der Waals surface area (Å²) < 4.78 is 0. The van der Waals surface area contributed by atoms with Crippen molar-refractivity contribution in [3.63, 3.8) is 0 Å². The van der Waals surface area contributed by atoms with Crippen LogP contribution in [0.2, 0.25) is 0 Å². The van der Waals surface area contributed by atoms with Gasteiger partial charge in [-0.2, -0.15) is 0 Å². The zero-order valence-corrected chi connectivity index (χ0v) is 7.71. The van der Waals surface area contributed by atoms with Gasteiger partial charge in [0.15, 0.2) is 0 Å². The molecular weight excluding hydrogens is 154 g/mol. The molecule has 0 radical (unpaired) electrons. The van der Waals surface area contributed by atoms with Crippen LogP contribution in [-0.4, -0.2) is 44.5 Å². The van der Waals surface area contributed by atoms with Crippen LogP contribution in [0.4, 0.5) is 0 Å². The number of amides is 1. The summed E-state index contributed by atoms with van der Waals surface area (Å²) in [6, 6.07) is 0. The van der Waals surface area contributed by atoms with Crippen LogP contribution in [0.3, 0.4) is 0 Å². The topological polar surface area (TPSA) is 58.4 Å². The first-order valence-electron chi connectivity index (χ1n) is 3.93. The standard InChI is InChI=1S/C8H17N3O/c1-11(2)7-8(12)10-6-4-3-5-9/h3-4H,5-7,9H2,1-2H3,(H,10,12)/b4-3+. The van der Waals surface area contributed by atoms with E-state index in [0.717, 1.165) is 0 Å². The van der Waals surface area contributed by atoms with E-state index >= 15 is 0 Å². The van der Waals surface area contributed by atoms with Gasteiger partial charge in [-0.3, -0.25) is 4.79 Å². The van der Waals surface area contributed by atoms with Gasteiger partial charge >= 0.3 is 0 Å². The molecule has 0 aliphatic carbocycles. The van der Waals surface area contributed by atoms with E-state index in [2.05, 4.69) is 5.32 Å². The Hall–Kier alpha value is -0.870. The minimum absolute atomic E-state index is 0.0293. The van der Waals surface area contributed by atoms with E-state index in [1.807, 2.05) is 31.1 Å². The van der Waals surface area contributed by atoms with Crippen molar-refractivity contribution < 1.29 is 4.79 Å². The smallest absolute Gasteiger partial charge is 0.234 e. The predicted molar refractivity (Wildman–Crippen MR) is 49.8 cm³/mol. The van der Waals surface area contributed by atoms with Gasteiger partial charge in [0.2, 0.25) is 5.91 Å². The molecule has 0 atom stereocenters. The molecule has 70 valence electrons. The predicted octanol–water partition coefficient (Wildman–Crippen LogP) is -0.821. The maximum absolute atomic E-state index is 11.0. The molecule has 0 saturated carbocycles. The molecule has 0 aliphatic heterocycles. The molecule has 0 heterocycles. The Balaban J connectivity index is 3.38. The van der Waals surface area contributed by atoms with Crippen molar-refractivity contribution in [1.82, 2.24) is 10.2 Å².